The summed E-state index contributed by atoms with van der Waals surface area (Å²) in [6.07, 6.45) is 1.83. The summed E-state index contributed by atoms with van der Waals surface area (Å²) in [5, 5.41) is 3.98. The minimum atomic E-state index is -0.133. The summed E-state index contributed by atoms with van der Waals surface area (Å²) in [5.41, 5.74) is 3.20. The molecule has 106 valence electrons. The molecule has 1 amide bonds. The van der Waals surface area contributed by atoms with Gasteiger partial charge in [-0.15, -0.1) is 0 Å². The van der Waals surface area contributed by atoms with Crippen molar-refractivity contribution in [2.45, 2.75) is 6.61 Å². The topological polar surface area (TPSA) is 54.1 Å². The first kappa shape index (κ1) is 13.4. The molecule has 0 aliphatic carbocycles. The number of nitrogens with one attached hydrogen (secondary N) is 2. The monoisotopic (exact) mass is 280 g/mol. The second-order valence-corrected chi connectivity index (χ2v) is 4.79. The van der Waals surface area contributed by atoms with Gasteiger partial charge >= 0.3 is 0 Å². The number of fused-ring (bicyclic) bond motifs is 1. The number of methoxy groups -OCH3 is 1. The van der Waals surface area contributed by atoms with Crippen molar-refractivity contribution in [3.63, 3.8) is 0 Å². The van der Waals surface area contributed by atoms with Crippen molar-refractivity contribution in [3.05, 3.63) is 65.9 Å². The van der Waals surface area contributed by atoms with Crippen molar-refractivity contribution in [1.82, 2.24) is 4.98 Å². The summed E-state index contributed by atoms with van der Waals surface area (Å²) < 4.78 is 5.16. The molecule has 21 heavy (non-hydrogen) atoms. The second kappa shape index (κ2) is 5.81. The molecule has 4 nitrogen and oxygen atoms in total. The average Bonchev–Trinajstić information content (AvgIpc) is 2.97. The normalized spacial score (nSPS) is 10.7. The molecule has 0 saturated carbocycles. The maximum absolute atomic E-state index is 12.5. The Balaban J connectivity index is 1.92. The molecular formula is C17H16N2O2. The third kappa shape index (κ3) is 2.66. The molecule has 1 heterocycles. The van der Waals surface area contributed by atoms with E-state index in [1.165, 1.54) is 0 Å². The zero-order valence-electron chi connectivity index (χ0n) is 11.7. The Labute approximate surface area is 122 Å². The number of carbonyl (C=O) groups excluding carboxylic acids is 1. The molecule has 3 aromatic rings. The number of benzene rings is 2. The molecule has 0 unspecified atom stereocenters. The number of aromatic amines is 1. The van der Waals surface area contributed by atoms with Gasteiger partial charge in [0.15, 0.2) is 0 Å². The van der Waals surface area contributed by atoms with Gasteiger partial charge in [0.1, 0.15) is 0 Å². The van der Waals surface area contributed by atoms with Crippen LogP contribution in [0.2, 0.25) is 0 Å². The molecule has 0 aliphatic rings. The van der Waals surface area contributed by atoms with Crippen molar-refractivity contribution < 1.29 is 9.53 Å². The number of para-hydroxylation sites is 2. The summed E-state index contributed by atoms with van der Waals surface area (Å²) in [4.78, 5) is 15.6. The molecule has 0 saturated heterocycles. The number of H-pyrrole nitrogens is 1. The third-order valence-electron chi connectivity index (χ3n) is 3.40. The predicted octanol–water partition coefficient (Wildman–Crippen LogP) is 3.57. The van der Waals surface area contributed by atoms with Gasteiger partial charge in [-0.25, -0.2) is 0 Å². The van der Waals surface area contributed by atoms with Crippen molar-refractivity contribution >= 4 is 22.5 Å². The van der Waals surface area contributed by atoms with Gasteiger partial charge in [0, 0.05) is 29.9 Å². The van der Waals surface area contributed by atoms with Crippen LogP contribution in [0.5, 0.6) is 0 Å². The quantitative estimate of drug-likeness (QED) is 0.767. The molecule has 4 heteroatoms. The Morgan fingerprint density at radius 3 is 2.86 bits per heavy atom. The van der Waals surface area contributed by atoms with Crippen LogP contribution in [0, 0.1) is 0 Å². The van der Waals surface area contributed by atoms with Gasteiger partial charge in [0.05, 0.1) is 17.7 Å². The zero-order valence-corrected chi connectivity index (χ0v) is 11.7. The lowest BCUT2D eigenvalue weighted by Crippen LogP contribution is -2.14. The Hall–Kier alpha value is -2.59. The summed E-state index contributed by atoms with van der Waals surface area (Å²) in [6.45, 7) is 0.461. The first-order chi connectivity index (χ1) is 10.3. The van der Waals surface area contributed by atoms with Gasteiger partial charge in [-0.2, -0.15) is 0 Å². The number of hydrogen-bond donors (Lipinski definition) is 2. The molecule has 0 fully saturated rings. The summed E-state index contributed by atoms with van der Waals surface area (Å²) in [7, 11) is 1.64. The van der Waals surface area contributed by atoms with E-state index in [-0.39, 0.29) is 5.91 Å². The van der Waals surface area contributed by atoms with E-state index in [1.807, 2.05) is 54.7 Å². The van der Waals surface area contributed by atoms with Crippen LogP contribution in [0.4, 0.5) is 5.69 Å². The largest absolute Gasteiger partial charge is 0.380 e. The van der Waals surface area contributed by atoms with Crippen molar-refractivity contribution in [1.29, 1.82) is 0 Å². The highest BCUT2D eigenvalue weighted by Gasteiger charge is 2.12. The van der Waals surface area contributed by atoms with Crippen LogP contribution in [0.3, 0.4) is 0 Å². The van der Waals surface area contributed by atoms with Crippen LogP contribution in [0.25, 0.3) is 10.9 Å². The zero-order chi connectivity index (χ0) is 14.7. The summed E-state index contributed by atoms with van der Waals surface area (Å²) in [6, 6.07) is 15.3. The van der Waals surface area contributed by atoms with Crippen molar-refractivity contribution in [2.24, 2.45) is 0 Å². The lowest BCUT2D eigenvalue weighted by molar-refractivity contribution is 0.102. The van der Waals surface area contributed by atoms with Crippen LogP contribution in [0.1, 0.15) is 15.9 Å². The fourth-order valence-electron chi connectivity index (χ4n) is 2.39. The maximum Gasteiger partial charge on any atom is 0.257 e. The maximum atomic E-state index is 12.5. The van der Waals surface area contributed by atoms with Gasteiger partial charge in [0.25, 0.3) is 5.91 Å². The van der Waals surface area contributed by atoms with E-state index in [9.17, 15) is 4.79 Å². The van der Waals surface area contributed by atoms with Crippen LogP contribution in [-0.2, 0) is 11.3 Å². The average molecular weight is 280 g/mol. The fourth-order valence-corrected chi connectivity index (χ4v) is 2.39. The van der Waals surface area contributed by atoms with Crippen molar-refractivity contribution in [3.8, 4) is 0 Å². The minimum Gasteiger partial charge on any atom is -0.380 e. The van der Waals surface area contributed by atoms with E-state index in [2.05, 4.69) is 10.3 Å². The van der Waals surface area contributed by atoms with Gasteiger partial charge in [-0.05, 0) is 18.2 Å². The predicted molar refractivity (Wildman–Crippen MR) is 83.4 cm³/mol. The first-order valence-electron chi connectivity index (χ1n) is 6.74. The molecule has 3 rings (SSSR count). The number of aromatic nitrogens is 1. The molecule has 0 atom stereocenters. The number of amides is 1. The Morgan fingerprint density at radius 2 is 2.00 bits per heavy atom. The molecule has 1 aromatic heterocycles. The van der Waals surface area contributed by atoms with Gasteiger partial charge < -0.3 is 15.0 Å². The highest BCUT2D eigenvalue weighted by Crippen LogP contribution is 2.20. The van der Waals surface area contributed by atoms with Crippen LogP contribution < -0.4 is 5.32 Å². The highest BCUT2D eigenvalue weighted by molar-refractivity contribution is 6.12. The lowest BCUT2D eigenvalue weighted by atomic mass is 10.1. The number of hydrogen-bond acceptors (Lipinski definition) is 2. The fraction of sp³-hybridized carbons (Fsp3) is 0.118. The third-order valence-corrected chi connectivity index (χ3v) is 3.40. The molecule has 2 aromatic carbocycles. The van der Waals surface area contributed by atoms with Crippen LogP contribution in [0.15, 0.2) is 54.7 Å². The lowest BCUT2D eigenvalue weighted by Gasteiger charge is -2.11. The van der Waals surface area contributed by atoms with E-state index in [0.29, 0.717) is 12.2 Å². The van der Waals surface area contributed by atoms with Gasteiger partial charge in [0.2, 0.25) is 0 Å². The number of ether oxygens (including phenoxy) is 1. The SMILES string of the molecule is COCc1ccccc1NC(=O)c1cccc2cc[nH]c12. The standard InChI is InChI=1S/C17H16N2O2/c1-21-11-13-5-2-3-8-15(13)19-17(20)14-7-4-6-12-9-10-18-16(12)14/h2-10,18H,11H2,1H3,(H,19,20). The Morgan fingerprint density at radius 1 is 1.14 bits per heavy atom. The van der Waals surface area contributed by atoms with Crippen LogP contribution >= 0.6 is 0 Å². The van der Waals surface area contributed by atoms with Crippen LogP contribution in [-0.4, -0.2) is 18.0 Å². The molecule has 2 N–H and O–H groups in total. The number of anilines is 1. The van der Waals surface area contributed by atoms with E-state index >= 15 is 0 Å². The minimum absolute atomic E-state index is 0.133. The van der Waals surface area contributed by atoms with E-state index in [1.54, 1.807) is 7.11 Å². The van der Waals surface area contributed by atoms with Gasteiger partial charge in [-0.1, -0.05) is 30.3 Å². The highest BCUT2D eigenvalue weighted by atomic mass is 16.5. The number of carbonyl (C=O) groups is 1. The number of rotatable bonds is 4. The molecule has 0 spiro atoms. The molecule has 0 bridgehead atoms. The Kier molecular flexibility index (Phi) is 3.71. The van der Waals surface area contributed by atoms with E-state index in [0.717, 1.165) is 22.2 Å². The summed E-state index contributed by atoms with van der Waals surface area (Å²) in [5.74, 6) is -0.133. The molecule has 0 radical (unpaired) electrons. The van der Waals surface area contributed by atoms with E-state index in [4.69, 9.17) is 4.74 Å². The summed E-state index contributed by atoms with van der Waals surface area (Å²) >= 11 is 0. The smallest absolute Gasteiger partial charge is 0.257 e. The molecular weight excluding hydrogens is 264 g/mol. The van der Waals surface area contributed by atoms with Gasteiger partial charge in [-0.3, -0.25) is 4.79 Å². The van der Waals surface area contributed by atoms with E-state index < -0.39 is 0 Å². The Bertz CT molecular complexity index is 777. The molecule has 0 aliphatic heterocycles. The van der Waals surface area contributed by atoms with Crippen molar-refractivity contribution in [2.75, 3.05) is 12.4 Å². The second-order valence-electron chi connectivity index (χ2n) is 4.79. The first-order valence-corrected chi connectivity index (χ1v) is 6.74.